The smallest absolute Gasteiger partial charge is 0.307 e. The lowest BCUT2D eigenvalue weighted by molar-refractivity contribution is -0.141. The summed E-state index contributed by atoms with van der Waals surface area (Å²) in [5.74, 6) is 0.0364. The van der Waals surface area contributed by atoms with Gasteiger partial charge in [0.25, 0.3) is 0 Å². The van der Waals surface area contributed by atoms with Crippen molar-refractivity contribution in [3.63, 3.8) is 0 Å². The van der Waals surface area contributed by atoms with E-state index in [9.17, 15) is 4.79 Å². The number of rotatable bonds is 4. The molecule has 2 atom stereocenters. The molecule has 0 spiro atoms. The van der Waals surface area contributed by atoms with Crippen molar-refractivity contribution >= 4 is 5.97 Å². The number of hydrogen-bond donors (Lipinski definition) is 1. The van der Waals surface area contributed by atoms with E-state index in [2.05, 4.69) is 11.8 Å². The summed E-state index contributed by atoms with van der Waals surface area (Å²) < 4.78 is 5.41. The topological polar surface area (TPSA) is 53.7 Å². The summed E-state index contributed by atoms with van der Waals surface area (Å²) in [7, 11) is 0. The monoisotopic (exact) mass is 223 g/mol. The molecule has 1 aromatic rings. The number of carboxylic acid groups (broad SMARTS) is 1. The van der Waals surface area contributed by atoms with Crippen molar-refractivity contribution in [1.29, 1.82) is 0 Å². The third-order valence-corrected chi connectivity index (χ3v) is 3.27. The summed E-state index contributed by atoms with van der Waals surface area (Å²) in [5.41, 5.74) is 0. The van der Waals surface area contributed by atoms with Crippen LogP contribution in [0.2, 0.25) is 0 Å². The van der Waals surface area contributed by atoms with Gasteiger partial charge in [-0.25, -0.2) is 0 Å². The number of hydrogen-bond acceptors (Lipinski definition) is 3. The summed E-state index contributed by atoms with van der Waals surface area (Å²) in [6.07, 6.45) is 3.36. The maximum atomic E-state index is 10.9. The molecule has 0 saturated carbocycles. The molecule has 4 heteroatoms. The highest BCUT2D eigenvalue weighted by Crippen LogP contribution is 2.30. The molecular formula is C12H17NO3. The molecule has 16 heavy (non-hydrogen) atoms. The molecule has 1 aliphatic heterocycles. The highest BCUT2D eigenvalue weighted by atomic mass is 16.4. The van der Waals surface area contributed by atoms with Crippen LogP contribution in [-0.2, 0) is 4.79 Å². The van der Waals surface area contributed by atoms with Crippen LogP contribution in [0.25, 0.3) is 0 Å². The van der Waals surface area contributed by atoms with E-state index < -0.39 is 5.97 Å². The van der Waals surface area contributed by atoms with Gasteiger partial charge in [0.05, 0.1) is 18.2 Å². The highest BCUT2D eigenvalue weighted by Gasteiger charge is 2.32. The van der Waals surface area contributed by atoms with Crippen LogP contribution in [0.1, 0.15) is 31.6 Å². The Morgan fingerprint density at radius 1 is 1.75 bits per heavy atom. The van der Waals surface area contributed by atoms with Crippen LogP contribution in [0.3, 0.4) is 0 Å². The minimum Gasteiger partial charge on any atom is -0.481 e. The second kappa shape index (κ2) is 4.70. The van der Waals surface area contributed by atoms with Crippen LogP contribution in [0.5, 0.6) is 0 Å². The molecule has 1 N–H and O–H groups in total. The second-order valence-corrected chi connectivity index (χ2v) is 4.26. The number of likely N-dealkylation sites (tertiary alicyclic amines) is 1. The molecule has 0 amide bonds. The van der Waals surface area contributed by atoms with E-state index in [0.717, 1.165) is 25.1 Å². The third-order valence-electron chi connectivity index (χ3n) is 3.27. The largest absolute Gasteiger partial charge is 0.481 e. The quantitative estimate of drug-likeness (QED) is 0.849. The van der Waals surface area contributed by atoms with Gasteiger partial charge in [-0.1, -0.05) is 6.92 Å². The molecule has 4 nitrogen and oxygen atoms in total. The summed E-state index contributed by atoms with van der Waals surface area (Å²) >= 11 is 0. The molecule has 1 fully saturated rings. The molecule has 2 rings (SSSR count). The third kappa shape index (κ3) is 2.11. The normalized spacial score (nSPS) is 23.4. The van der Waals surface area contributed by atoms with Crippen molar-refractivity contribution < 1.29 is 14.3 Å². The van der Waals surface area contributed by atoms with Crippen molar-refractivity contribution in [2.75, 3.05) is 13.1 Å². The van der Waals surface area contributed by atoms with Gasteiger partial charge in [0.2, 0.25) is 0 Å². The van der Waals surface area contributed by atoms with E-state index in [1.54, 1.807) is 6.26 Å². The van der Waals surface area contributed by atoms with Gasteiger partial charge < -0.3 is 9.52 Å². The number of carboxylic acids is 1. The number of carbonyl (C=O) groups is 1. The molecule has 2 unspecified atom stereocenters. The van der Waals surface area contributed by atoms with Crippen LogP contribution in [0.4, 0.5) is 0 Å². The summed E-state index contributed by atoms with van der Waals surface area (Å²) in [6, 6.07) is 4.06. The molecule has 0 aliphatic carbocycles. The predicted molar refractivity (Wildman–Crippen MR) is 59.1 cm³/mol. The summed E-state index contributed by atoms with van der Waals surface area (Å²) in [6.45, 7) is 3.58. The number of nitrogens with zero attached hydrogens (tertiary/aromatic N) is 1. The minimum absolute atomic E-state index is 0.219. The van der Waals surface area contributed by atoms with Crippen LogP contribution in [0.15, 0.2) is 22.8 Å². The lowest BCUT2D eigenvalue weighted by Gasteiger charge is -2.24. The maximum Gasteiger partial charge on any atom is 0.307 e. The SMILES string of the molecule is CCC(c1ccco1)N1CCC(C(=O)O)C1. The van der Waals surface area contributed by atoms with E-state index >= 15 is 0 Å². The van der Waals surface area contributed by atoms with Gasteiger partial charge >= 0.3 is 5.97 Å². The molecular weight excluding hydrogens is 206 g/mol. The van der Waals surface area contributed by atoms with E-state index in [1.807, 2.05) is 12.1 Å². The van der Waals surface area contributed by atoms with E-state index in [-0.39, 0.29) is 12.0 Å². The van der Waals surface area contributed by atoms with Gasteiger partial charge in [0.15, 0.2) is 0 Å². The van der Waals surface area contributed by atoms with Crippen LogP contribution >= 0.6 is 0 Å². The van der Waals surface area contributed by atoms with Gasteiger partial charge in [0, 0.05) is 6.54 Å². The van der Waals surface area contributed by atoms with Gasteiger partial charge in [0.1, 0.15) is 5.76 Å². The Labute approximate surface area is 94.9 Å². The Hall–Kier alpha value is -1.29. The average molecular weight is 223 g/mol. The van der Waals surface area contributed by atoms with Gasteiger partial charge in [-0.05, 0) is 31.5 Å². The molecule has 1 aromatic heterocycles. The lowest BCUT2D eigenvalue weighted by atomic mass is 10.1. The standard InChI is InChI=1S/C12H17NO3/c1-2-10(11-4-3-7-16-11)13-6-5-9(8-13)12(14)15/h3-4,7,9-10H,2,5-6,8H2,1H3,(H,14,15). The zero-order valence-electron chi connectivity index (χ0n) is 9.43. The first-order valence-corrected chi connectivity index (χ1v) is 5.72. The van der Waals surface area contributed by atoms with E-state index in [4.69, 9.17) is 9.52 Å². The zero-order valence-corrected chi connectivity index (χ0v) is 9.43. The molecule has 2 heterocycles. The first-order chi connectivity index (χ1) is 7.72. The van der Waals surface area contributed by atoms with Gasteiger partial charge in [-0.2, -0.15) is 0 Å². The predicted octanol–water partition coefficient (Wildman–Crippen LogP) is 2.14. The average Bonchev–Trinajstić information content (AvgIpc) is 2.88. The van der Waals surface area contributed by atoms with Gasteiger partial charge in [-0.3, -0.25) is 9.69 Å². The van der Waals surface area contributed by atoms with E-state index in [0.29, 0.717) is 6.54 Å². The van der Waals surface area contributed by atoms with Crippen LogP contribution < -0.4 is 0 Å². The number of furan rings is 1. The molecule has 0 bridgehead atoms. The van der Waals surface area contributed by atoms with Crippen molar-refractivity contribution in [3.8, 4) is 0 Å². The molecule has 88 valence electrons. The van der Waals surface area contributed by atoms with Crippen molar-refractivity contribution in [3.05, 3.63) is 24.2 Å². The molecule has 0 radical (unpaired) electrons. The van der Waals surface area contributed by atoms with Crippen LogP contribution in [-0.4, -0.2) is 29.1 Å². The fraction of sp³-hybridized carbons (Fsp3) is 0.583. The first kappa shape index (κ1) is 11.2. The lowest BCUT2D eigenvalue weighted by Crippen LogP contribution is -2.27. The maximum absolute atomic E-state index is 10.9. The molecule has 1 aliphatic rings. The Morgan fingerprint density at radius 3 is 3.06 bits per heavy atom. The molecule has 1 saturated heterocycles. The Bertz CT molecular complexity index is 347. The first-order valence-electron chi connectivity index (χ1n) is 5.72. The summed E-state index contributed by atoms with van der Waals surface area (Å²) in [4.78, 5) is 13.1. The van der Waals surface area contributed by atoms with Gasteiger partial charge in [-0.15, -0.1) is 0 Å². The Kier molecular flexibility index (Phi) is 3.29. The zero-order chi connectivity index (χ0) is 11.5. The molecule has 0 aromatic carbocycles. The van der Waals surface area contributed by atoms with E-state index in [1.165, 1.54) is 0 Å². The fourth-order valence-corrected chi connectivity index (χ4v) is 2.39. The van der Waals surface area contributed by atoms with Crippen molar-refractivity contribution in [1.82, 2.24) is 4.90 Å². The summed E-state index contributed by atoms with van der Waals surface area (Å²) in [5, 5.41) is 8.97. The Balaban J connectivity index is 2.04. The van der Waals surface area contributed by atoms with Crippen LogP contribution in [0, 0.1) is 5.92 Å². The van der Waals surface area contributed by atoms with Crippen molar-refractivity contribution in [2.24, 2.45) is 5.92 Å². The second-order valence-electron chi connectivity index (χ2n) is 4.26. The van der Waals surface area contributed by atoms with Crippen molar-refractivity contribution in [2.45, 2.75) is 25.8 Å². The highest BCUT2D eigenvalue weighted by molar-refractivity contribution is 5.70. The minimum atomic E-state index is -0.684. The fourth-order valence-electron chi connectivity index (χ4n) is 2.39. The Morgan fingerprint density at radius 2 is 2.56 bits per heavy atom. The number of aliphatic carboxylic acids is 1.